The van der Waals surface area contributed by atoms with Gasteiger partial charge in [0.25, 0.3) is 0 Å². The van der Waals surface area contributed by atoms with Crippen LogP contribution in [0.25, 0.3) is 0 Å². The van der Waals surface area contributed by atoms with Crippen LogP contribution in [0.4, 0.5) is 0 Å². The Balaban J connectivity index is 1.62. The second-order valence-electron chi connectivity index (χ2n) is 7.74. The van der Waals surface area contributed by atoms with Crippen molar-refractivity contribution < 1.29 is 13.2 Å². The number of sulfonamides is 1. The van der Waals surface area contributed by atoms with Gasteiger partial charge in [0.2, 0.25) is 10.0 Å². The minimum atomic E-state index is -3.65. The molecule has 1 fully saturated rings. The zero-order valence-corrected chi connectivity index (χ0v) is 17.6. The van der Waals surface area contributed by atoms with E-state index in [1.54, 1.807) is 35.7 Å². The molecule has 0 radical (unpaired) electrons. The maximum absolute atomic E-state index is 13.7. The van der Waals surface area contributed by atoms with E-state index in [4.69, 9.17) is 4.74 Å². The van der Waals surface area contributed by atoms with E-state index < -0.39 is 10.0 Å². The maximum atomic E-state index is 13.7. The first-order chi connectivity index (χ1) is 14.6. The largest absolute Gasteiger partial charge is 0.497 e. The van der Waals surface area contributed by atoms with Crippen LogP contribution in [0.1, 0.15) is 28.9 Å². The van der Waals surface area contributed by atoms with Gasteiger partial charge in [-0.3, -0.25) is 4.90 Å². The number of nitrogens with zero attached hydrogens (tertiary/aromatic N) is 2. The van der Waals surface area contributed by atoms with Crippen molar-refractivity contribution in [3.63, 3.8) is 0 Å². The molecule has 0 spiro atoms. The lowest BCUT2D eigenvalue weighted by molar-refractivity contribution is 0.154. The van der Waals surface area contributed by atoms with E-state index >= 15 is 0 Å². The van der Waals surface area contributed by atoms with Crippen LogP contribution in [0.2, 0.25) is 0 Å². The molecule has 3 aromatic carbocycles. The average molecular weight is 421 g/mol. The topological polar surface area (TPSA) is 49.9 Å². The summed E-state index contributed by atoms with van der Waals surface area (Å²) in [4.78, 5) is 2.65. The molecule has 2 aliphatic rings. The molecule has 5 nitrogen and oxygen atoms in total. The van der Waals surface area contributed by atoms with Gasteiger partial charge in [-0.25, -0.2) is 8.42 Å². The van der Waals surface area contributed by atoms with Crippen molar-refractivity contribution >= 4 is 10.0 Å². The van der Waals surface area contributed by atoms with Gasteiger partial charge in [-0.2, -0.15) is 4.31 Å². The molecule has 1 saturated heterocycles. The summed E-state index contributed by atoms with van der Waals surface area (Å²) in [6.45, 7) is 1.25. The van der Waals surface area contributed by atoms with Gasteiger partial charge < -0.3 is 4.74 Å². The SMILES string of the molecule is COc1ccc([C@H]2N3CCc4ccccc4[C@H]3CN2S(=O)(=O)c2ccccc2)cc1. The van der Waals surface area contributed by atoms with Crippen LogP contribution in [0.5, 0.6) is 5.75 Å². The molecular weight excluding hydrogens is 396 g/mol. The van der Waals surface area contributed by atoms with Crippen LogP contribution in [0, 0.1) is 0 Å². The van der Waals surface area contributed by atoms with Crippen molar-refractivity contribution in [2.75, 3.05) is 20.2 Å². The van der Waals surface area contributed by atoms with Crippen molar-refractivity contribution in [1.82, 2.24) is 9.21 Å². The Morgan fingerprint density at radius 3 is 2.33 bits per heavy atom. The summed E-state index contributed by atoms with van der Waals surface area (Å²) in [7, 11) is -2.02. The zero-order valence-electron chi connectivity index (χ0n) is 16.8. The predicted molar refractivity (Wildman–Crippen MR) is 116 cm³/mol. The van der Waals surface area contributed by atoms with Crippen molar-refractivity contribution in [2.45, 2.75) is 23.5 Å². The summed E-state index contributed by atoms with van der Waals surface area (Å²) in [5.41, 5.74) is 3.50. The molecule has 2 aliphatic heterocycles. The molecular formula is C24H24N2O3S. The third-order valence-corrected chi connectivity index (χ3v) is 7.99. The third kappa shape index (κ3) is 3.12. The first-order valence-corrected chi connectivity index (χ1v) is 11.6. The van der Waals surface area contributed by atoms with Gasteiger partial charge in [0, 0.05) is 13.1 Å². The quantitative estimate of drug-likeness (QED) is 0.640. The van der Waals surface area contributed by atoms with Crippen molar-refractivity contribution in [3.8, 4) is 5.75 Å². The summed E-state index contributed by atoms with van der Waals surface area (Å²) < 4.78 is 34.3. The third-order valence-electron chi connectivity index (χ3n) is 6.16. The van der Waals surface area contributed by atoms with Gasteiger partial charge in [0.15, 0.2) is 0 Å². The molecule has 30 heavy (non-hydrogen) atoms. The van der Waals surface area contributed by atoms with Crippen molar-refractivity contribution in [3.05, 3.63) is 95.6 Å². The van der Waals surface area contributed by atoms with E-state index in [1.807, 2.05) is 36.4 Å². The Bertz CT molecular complexity index is 1150. The molecule has 0 aliphatic carbocycles. The summed E-state index contributed by atoms with van der Waals surface area (Å²) in [5, 5.41) is 0. The zero-order chi connectivity index (χ0) is 20.7. The lowest BCUT2D eigenvalue weighted by Crippen LogP contribution is -2.37. The maximum Gasteiger partial charge on any atom is 0.244 e. The predicted octanol–water partition coefficient (Wildman–Crippen LogP) is 4.00. The van der Waals surface area contributed by atoms with Crippen molar-refractivity contribution in [2.24, 2.45) is 0 Å². The molecule has 5 rings (SSSR count). The number of benzene rings is 3. The minimum Gasteiger partial charge on any atom is -0.497 e. The van der Waals surface area contributed by atoms with Crippen LogP contribution >= 0.6 is 0 Å². The molecule has 0 bridgehead atoms. The molecule has 0 saturated carbocycles. The Hall–Kier alpha value is -2.67. The number of ether oxygens (including phenoxy) is 1. The van der Waals surface area contributed by atoms with E-state index in [-0.39, 0.29) is 12.2 Å². The highest BCUT2D eigenvalue weighted by atomic mass is 32.2. The van der Waals surface area contributed by atoms with Crippen LogP contribution < -0.4 is 4.74 Å². The smallest absolute Gasteiger partial charge is 0.244 e. The van der Waals surface area contributed by atoms with Crippen LogP contribution in [0.3, 0.4) is 0 Å². The standard InChI is InChI=1S/C24H24N2O3S/c1-29-20-13-11-19(12-14-20)24-25-16-15-18-7-5-6-10-22(18)23(25)17-26(24)30(27,28)21-8-3-2-4-9-21/h2-14,23-24H,15-17H2,1H3/t23-,24+/m1/s1. The van der Waals surface area contributed by atoms with Gasteiger partial charge in [0.1, 0.15) is 11.9 Å². The molecule has 0 N–H and O–H groups in total. The number of fused-ring (bicyclic) bond motifs is 3. The number of hydrogen-bond acceptors (Lipinski definition) is 4. The second kappa shape index (κ2) is 7.54. The minimum absolute atomic E-state index is 0.0422. The Kier molecular flexibility index (Phi) is 4.85. The lowest BCUT2D eigenvalue weighted by Gasteiger charge is -2.35. The van der Waals surface area contributed by atoms with Gasteiger partial charge in [0.05, 0.1) is 18.0 Å². The van der Waals surface area contributed by atoms with Crippen LogP contribution in [0.15, 0.2) is 83.8 Å². The Labute approximate surface area is 177 Å². The average Bonchev–Trinajstić information content (AvgIpc) is 3.21. The molecule has 0 amide bonds. The van der Waals surface area contributed by atoms with E-state index in [2.05, 4.69) is 23.1 Å². The molecule has 0 aromatic heterocycles. The monoisotopic (exact) mass is 420 g/mol. The number of hydrogen-bond donors (Lipinski definition) is 0. The summed E-state index contributed by atoms with van der Waals surface area (Å²) in [6.07, 6.45) is 0.568. The normalized spacial score (nSPS) is 21.8. The highest BCUT2D eigenvalue weighted by Crippen LogP contribution is 2.46. The molecule has 154 valence electrons. The summed E-state index contributed by atoms with van der Waals surface area (Å²) >= 11 is 0. The summed E-state index contributed by atoms with van der Waals surface area (Å²) in [5.74, 6) is 0.759. The molecule has 2 atom stereocenters. The molecule has 2 heterocycles. The fraction of sp³-hybridized carbons (Fsp3) is 0.250. The molecule has 0 unspecified atom stereocenters. The number of methoxy groups -OCH3 is 1. The first-order valence-electron chi connectivity index (χ1n) is 10.1. The Morgan fingerprint density at radius 2 is 1.60 bits per heavy atom. The van der Waals surface area contributed by atoms with Crippen molar-refractivity contribution in [1.29, 1.82) is 0 Å². The van der Waals surface area contributed by atoms with Gasteiger partial charge in [-0.05, 0) is 47.4 Å². The number of rotatable bonds is 4. The van der Waals surface area contributed by atoms with Crippen LogP contribution in [-0.2, 0) is 16.4 Å². The highest BCUT2D eigenvalue weighted by molar-refractivity contribution is 7.89. The van der Waals surface area contributed by atoms with Crippen LogP contribution in [-0.4, -0.2) is 37.8 Å². The first kappa shape index (κ1) is 19.3. The van der Waals surface area contributed by atoms with E-state index in [9.17, 15) is 8.42 Å². The fourth-order valence-electron chi connectivity index (χ4n) is 4.69. The van der Waals surface area contributed by atoms with E-state index in [0.717, 1.165) is 24.3 Å². The van der Waals surface area contributed by atoms with E-state index in [0.29, 0.717) is 11.4 Å². The van der Waals surface area contributed by atoms with E-state index in [1.165, 1.54) is 11.1 Å². The van der Waals surface area contributed by atoms with Gasteiger partial charge in [-0.1, -0.05) is 54.6 Å². The summed E-state index contributed by atoms with van der Waals surface area (Å²) in [6, 6.07) is 24.9. The highest BCUT2D eigenvalue weighted by Gasteiger charge is 2.48. The molecule has 6 heteroatoms. The Morgan fingerprint density at radius 1 is 0.900 bits per heavy atom. The molecule has 3 aromatic rings. The second-order valence-corrected chi connectivity index (χ2v) is 9.63. The van der Waals surface area contributed by atoms with Gasteiger partial charge >= 0.3 is 0 Å². The lowest BCUT2D eigenvalue weighted by atomic mass is 9.93. The van der Waals surface area contributed by atoms with Gasteiger partial charge in [-0.15, -0.1) is 0 Å². The fourth-order valence-corrected chi connectivity index (χ4v) is 6.31.